The summed E-state index contributed by atoms with van der Waals surface area (Å²) in [6, 6.07) is 4.61. The van der Waals surface area contributed by atoms with Crippen molar-refractivity contribution in [2.45, 2.75) is 11.0 Å². The molecule has 1 unspecified atom stereocenters. The summed E-state index contributed by atoms with van der Waals surface area (Å²) >= 11 is 4.36. The van der Waals surface area contributed by atoms with Gasteiger partial charge in [0, 0.05) is 16.3 Å². The van der Waals surface area contributed by atoms with Crippen LogP contribution in [-0.4, -0.2) is 33.6 Å². The second kappa shape index (κ2) is 6.19. The van der Waals surface area contributed by atoms with Crippen LogP contribution in [0.3, 0.4) is 0 Å². The van der Waals surface area contributed by atoms with Gasteiger partial charge in [0.1, 0.15) is 0 Å². The lowest BCUT2D eigenvalue weighted by molar-refractivity contribution is -0.387. The number of nitrogens with zero attached hydrogens (tertiary/aromatic N) is 1. The molecule has 1 atom stereocenters. The van der Waals surface area contributed by atoms with Crippen molar-refractivity contribution in [1.82, 2.24) is 0 Å². The predicted octanol–water partition coefficient (Wildman–Crippen LogP) is 1.80. The van der Waals surface area contributed by atoms with Crippen molar-refractivity contribution in [2.24, 2.45) is 0 Å². The third-order valence-electron chi connectivity index (χ3n) is 1.76. The van der Waals surface area contributed by atoms with Crippen molar-refractivity contribution in [3.8, 4) is 0 Å². The van der Waals surface area contributed by atoms with Gasteiger partial charge in [-0.25, -0.2) is 0 Å². The molecule has 0 aliphatic heterocycles. The van der Waals surface area contributed by atoms with Crippen LogP contribution in [0.5, 0.6) is 0 Å². The van der Waals surface area contributed by atoms with Crippen LogP contribution in [0.1, 0.15) is 0 Å². The molecule has 0 saturated heterocycles. The minimum atomic E-state index is -0.872. The van der Waals surface area contributed by atoms with Crippen LogP contribution in [0.15, 0.2) is 27.6 Å². The van der Waals surface area contributed by atoms with Crippen molar-refractivity contribution >= 4 is 33.4 Å². The second-order valence-corrected chi connectivity index (χ2v) is 4.99. The Hall–Kier alpha value is -0.630. The molecule has 88 valence electrons. The van der Waals surface area contributed by atoms with Gasteiger partial charge in [0.05, 0.1) is 22.5 Å². The zero-order valence-electron chi connectivity index (χ0n) is 8.17. The maximum Gasteiger partial charge on any atom is 0.282 e. The van der Waals surface area contributed by atoms with E-state index in [2.05, 4.69) is 15.9 Å². The molecule has 0 heterocycles. The second-order valence-electron chi connectivity index (χ2n) is 3.02. The molecule has 5 nitrogen and oxygen atoms in total. The van der Waals surface area contributed by atoms with E-state index in [9.17, 15) is 10.1 Å². The van der Waals surface area contributed by atoms with Crippen molar-refractivity contribution in [2.75, 3.05) is 12.4 Å². The van der Waals surface area contributed by atoms with Gasteiger partial charge < -0.3 is 10.2 Å². The average molecular weight is 308 g/mol. The van der Waals surface area contributed by atoms with E-state index < -0.39 is 11.0 Å². The minimum Gasteiger partial charge on any atom is -0.394 e. The highest BCUT2D eigenvalue weighted by molar-refractivity contribution is 9.10. The Balaban J connectivity index is 2.84. The van der Waals surface area contributed by atoms with Crippen molar-refractivity contribution in [3.05, 3.63) is 32.8 Å². The quantitative estimate of drug-likeness (QED) is 0.492. The molecule has 1 aromatic carbocycles. The van der Waals surface area contributed by atoms with E-state index in [0.29, 0.717) is 4.90 Å². The Morgan fingerprint density at radius 1 is 1.56 bits per heavy atom. The van der Waals surface area contributed by atoms with Gasteiger partial charge in [-0.3, -0.25) is 10.1 Å². The molecule has 0 saturated carbocycles. The summed E-state index contributed by atoms with van der Waals surface area (Å²) < 4.78 is 0.735. The zero-order chi connectivity index (χ0) is 12.1. The summed E-state index contributed by atoms with van der Waals surface area (Å²) in [5.74, 6) is 0.216. The van der Waals surface area contributed by atoms with Crippen LogP contribution in [0.4, 0.5) is 5.69 Å². The molecule has 0 fully saturated rings. The van der Waals surface area contributed by atoms with Crippen molar-refractivity contribution < 1.29 is 15.1 Å². The summed E-state index contributed by atoms with van der Waals surface area (Å²) in [5, 5.41) is 28.5. The molecular formula is C9H10BrNO4S. The van der Waals surface area contributed by atoms with Crippen LogP contribution in [0.2, 0.25) is 0 Å². The minimum absolute atomic E-state index is 0.00154. The molecule has 2 N–H and O–H groups in total. The van der Waals surface area contributed by atoms with Crippen molar-refractivity contribution in [3.63, 3.8) is 0 Å². The third-order valence-corrected chi connectivity index (χ3v) is 3.44. The van der Waals surface area contributed by atoms with E-state index in [1.807, 2.05) is 0 Å². The summed E-state index contributed by atoms with van der Waals surface area (Å²) in [7, 11) is 0. The molecule has 0 amide bonds. The number of nitro benzene ring substituents is 1. The fraction of sp³-hybridized carbons (Fsp3) is 0.333. The topological polar surface area (TPSA) is 83.6 Å². The van der Waals surface area contributed by atoms with Crippen LogP contribution in [-0.2, 0) is 0 Å². The third kappa shape index (κ3) is 3.75. The lowest BCUT2D eigenvalue weighted by Crippen LogP contribution is -2.14. The van der Waals surface area contributed by atoms with Crippen LogP contribution in [0.25, 0.3) is 0 Å². The van der Waals surface area contributed by atoms with Gasteiger partial charge in [-0.2, -0.15) is 0 Å². The molecule has 0 bridgehead atoms. The van der Waals surface area contributed by atoms with E-state index in [1.165, 1.54) is 6.07 Å². The number of rotatable bonds is 5. The first-order valence-corrected chi connectivity index (χ1v) is 6.18. The molecule has 0 aliphatic rings. The summed E-state index contributed by atoms with van der Waals surface area (Å²) in [6.45, 7) is -0.352. The molecule has 0 aliphatic carbocycles. The molecule has 0 radical (unpaired) electrons. The fourth-order valence-corrected chi connectivity index (χ4v) is 2.48. The van der Waals surface area contributed by atoms with Crippen LogP contribution >= 0.6 is 27.7 Å². The highest BCUT2D eigenvalue weighted by Crippen LogP contribution is 2.32. The molecule has 1 rings (SSSR count). The number of nitro groups is 1. The maximum atomic E-state index is 10.7. The maximum absolute atomic E-state index is 10.7. The number of benzene rings is 1. The lowest BCUT2D eigenvalue weighted by atomic mass is 10.3. The zero-order valence-corrected chi connectivity index (χ0v) is 10.6. The standard InChI is InChI=1S/C9H10BrNO4S/c10-6-1-2-8(11(14)15)9(3-6)16-5-7(13)4-12/h1-3,7,12-13H,4-5H2. The first kappa shape index (κ1) is 13.4. The Morgan fingerprint density at radius 3 is 2.81 bits per heavy atom. The highest BCUT2D eigenvalue weighted by atomic mass is 79.9. The Morgan fingerprint density at radius 2 is 2.25 bits per heavy atom. The first-order chi connectivity index (χ1) is 7.54. The first-order valence-electron chi connectivity index (χ1n) is 4.40. The van der Waals surface area contributed by atoms with E-state index in [0.717, 1.165) is 16.2 Å². The Bertz CT molecular complexity index is 388. The van der Waals surface area contributed by atoms with E-state index in [4.69, 9.17) is 10.2 Å². The van der Waals surface area contributed by atoms with Gasteiger partial charge in [0.15, 0.2) is 0 Å². The average Bonchev–Trinajstić information content (AvgIpc) is 2.25. The number of aliphatic hydroxyl groups is 2. The molecule has 0 aromatic heterocycles. The number of halogens is 1. The normalized spacial score (nSPS) is 12.4. The Labute approximate surface area is 105 Å². The van der Waals surface area contributed by atoms with Gasteiger partial charge in [-0.15, -0.1) is 11.8 Å². The van der Waals surface area contributed by atoms with Gasteiger partial charge in [-0.1, -0.05) is 15.9 Å². The number of hydrogen-bond donors (Lipinski definition) is 2. The number of hydrogen-bond acceptors (Lipinski definition) is 5. The molecule has 16 heavy (non-hydrogen) atoms. The predicted molar refractivity (Wildman–Crippen MR) is 64.6 cm³/mol. The van der Waals surface area contributed by atoms with Crippen LogP contribution < -0.4 is 0 Å². The molecule has 1 aromatic rings. The largest absolute Gasteiger partial charge is 0.394 e. The van der Waals surface area contributed by atoms with E-state index in [1.54, 1.807) is 12.1 Å². The van der Waals surface area contributed by atoms with Gasteiger partial charge in [-0.05, 0) is 12.1 Å². The summed E-state index contributed by atoms with van der Waals surface area (Å²) in [5.41, 5.74) is -0.00154. The Kier molecular flexibility index (Phi) is 5.20. The summed E-state index contributed by atoms with van der Waals surface area (Å²) in [4.78, 5) is 10.7. The fourth-order valence-electron chi connectivity index (χ4n) is 0.993. The highest BCUT2D eigenvalue weighted by Gasteiger charge is 2.15. The van der Waals surface area contributed by atoms with E-state index >= 15 is 0 Å². The van der Waals surface area contributed by atoms with Gasteiger partial charge in [0.25, 0.3) is 5.69 Å². The monoisotopic (exact) mass is 307 g/mol. The number of thioether (sulfide) groups is 1. The van der Waals surface area contributed by atoms with Gasteiger partial charge >= 0.3 is 0 Å². The molecule has 7 heteroatoms. The van der Waals surface area contributed by atoms with Crippen LogP contribution in [0, 0.1) is 10.1 Å². The lowest BCUT2D eigenvalue weighted by Gasteiger charge is -2.07. The summed E-state index contributed by atoms with van der Waals surface area (Å²) in [6.07, 6.45) is -0.872. The number of aliphatic hydroxyl groups excluding tert-OH is 2. The van der Waals surface area contributed by atoms with Crippen molar-refractivity contribution in [1.29, 1.82) is 0 Å². The smallest absolute Gasteiger partial charge is 0.282 e. The molecule has 0 spiro atoms. The SMILES string of the molecule is O=[N+]([O-])c1ccc(Br)cc1SCC(O)CO. The van der Waals surface area contributed by atoms with E-state index in [-0.39, 0.29) is 18.0 Å². The molecular weight excluding hydrogens is 298 g/mol. The van der Waals surface area contributed by atoms with Gasteiger partial charge in [0.2, 0.25) is 0 Å².